The van der Waals surface area contributed by atoms with E-state index in [1.54, 1.807) is 6.20 Å². The summed E-state index contributed by atoms with van der Waals surface area (Å²) in [5.41, 5.74) is -0.170. The Hall–Kier alpha value is -1.66. The molecule has 26 heavy (non-hydrogen) atoms. The lowest BCUT2D eigenvalue weighted by molar-refractivity contribution is -0.171. The molecular weight excluding hydrogens is 332 g/mol. The minimum Gasteiger partial charge on any atom is -0.478 e. The van der Waals surface area contributed by atoms with Crippen molar-refractivity contribution in [1.82, 2.24) is 9.88 Å². The Kier molecular flexibility index (Phi) is 5.41. The highest BCUT2D eigenvalue weighted by Gasteiger charge is 2.54. The number of rotatable bonds is 7. The quantitative estimate of drug-likeness (QED) is 0.747. The summed E-state index contributed by atoms with van der Waals surface area (Å²) in [7, 11) is 0. The molecule has 0 N–H and O–H groups in total. The van der Waals surface area contributed by atoms with Crippen LogP contribution in [0.1, 0.15) is 38.5 Å². The third-order valence-corrected chi connectivity index (χ3v) is 5.97. The van der Waals surface area contributed by atoms with Gasteiger partial charge in [-0.1, -0.05) is 18.9 Å². The first-order chi connectivity index (χ1) is 12.8. The van der Waals surface area contributed by atoms with Crippen LogP contribution in [0.3, 0.4) is 0 Å². The van der Waals surface area contributed by atoms with Gasteiger partial charge < -0.3 is 19.1 Å². The summed E-state index contributed by atoms with van der Waals surface area (Å²) in [6.45, 7) is 3.00. The Morgan fingerprint density at radius 3 is 2.88 bits per heavy atom. The molecule has 1 atom stereocenters. The van der Waals surface area contributed by atoms with E-state index in [9.17, 15) is 4.79 Å². The number of nitrogens with zero attached hydrogens (tertiary/aromatic N) is 2. The van der Waals surface area contributed by atoms with E-state index in [1.165, 1.54) is 12.8 Å². The van der Waals surface area contributed by atoms with Gasteiger partial charge >= 0.3 is 0 Å². The molecule has 1 unspecified atom stereocenters. The SMILES string of the molecule is O=C(COC1CCCC1)N1CC2(C1)OCCC2CCOc1ccccn1. The summed E-state index contributed by atoms with van der Waals surface area (Å²) < 4.78 is 17.5. The van der Waals surface area contributed by atoms with E-state index in [0.717, 1.165) is 32.3 Å². The van der Waals surface area contributed by atoms with Crippen LogP contribution < -0.4 is 4.74 Å². The lowest BCUT2D eigenvalue weighted by Gasteiger charge is -2.50. The number of carbonyl (C=O) groups excluding carboxylic acids is 1. The Balaban J connectivity index is 1.20. The molecule has 142 valence electrons. The van der Waals surface area contributed by atoms with Crippen molar-refractivity contribution < 1.29 is 19.0 Å². The zero-order valence-electron chi connectivity index (χ0n) is 15.3. The fourth-order valence-corrected chi connectivity index (χ4v) is 4.39. The molecule has 3 aliphatic rings. The molecular formula is C20H28N2O4. The van der Waals surface area contributed by atoms with Gasteiger partial charge in [0.05, 0.1) is 25.8 Å². The van der Waals surface area contributed by atoms with Crippen LogP contribution >= 0.6 is 0 Å². The summed E-state index contributed by atoms with van der Waals surface area (Å²) in [5, 5.41) is 0. The van der Waals surface area contributed by atoms with Crippen molar-refractivity contribution in [2.45, 2.75) is 50.2 Å². The number of amides is 1. The van der Waals surface area contributed by atoms with Gasteiger partial charge in [0.25, 0.3) is 0 Å². The maximum absolute atomic E-state index is 12.3. The molecule has 2 aliphatic heterocycles. The summed E-state index contributed by atoms with van der Waals surface area (Å²) in [5.74, 6) is 1.20. The Labute approximate surface area is 154 Å². The largest absolute Gasteiger partial charge is 0.478 e. The Morgan fingerprint density at radius 2 is 2.12 bits per heavy atom. The number of pyridine rings is 1. The van der Waals surface area contributed by atoms with Gasteiger partial charge in [0, 0.05) is 18.9 Å². The lowest BCUT2D eigenvalue weighted by atomic mass is 9.79. The van der Waals surface area contributed by atoms with Gasteiger partial charge in [-0.25, -0.2) is 4.98 Å². The minimum atomic E-state index is -0.170. The van der Waals surface area contributed by atoms with Gasteiger partial charge in [-0.05, 0) is 37.7 Å². The summed E-state index contributed by atoms with van der Waals surface area (Å²) in [6.07, 6.45) is 8.62. The number of ether oxygens (including phenoxy) is 3. The van der Waals surface area contributed by atoms with Gasteiger partial charge in [0.1, 0.15) is 12.2 Å². The zero-order valence-corrected chi connectivity index (χ0v) is 15.3. The Bertz CT molecular complexity index is 597. The minimum absolute atomic E-state index is 0.0986. The zero-order chi connectivity index (χ0) is 17.8. The van der Waals surface area contributed by atoms with Crippen LogP contribution in [0.5, 0.6) is 5.88 Å². The molecule has 1 aromatic heterocycles. The number of carbonyl (C=O) groups is 1. The molecule has 1 spiro atoms. The van der Waals surface area contributed by atoms with Gasteiger partial charge in [-0.3, -0.25) is 4.79 Å². The van der Waals surface area contributed by atoms with Crippen molar-refractivity contribution in [3.05, 3.63) is 24.4 Å². The highest BCUT2D eigenvalue weighted by atomic mass is 16.5. The Morgan fingerprint density at radius 1 is 1.27 bits per heavy atom. The van der Waals surface area contributed by atoms with Gasteiger partial charge in [-0.2, -0.15) is 0 Å². The molecule has 1 amide bonds. The van der Waals surface area contributed by atoms with E-state index in [2.05, 4.69) is 4.98 Å². The van der Waals surface area contributed by atoms with Crippen molar-refractivity contribution in [1.29, 1.82) is 0 Å². The number of hydrogen-bond acceptors (Lipinski definition) is 5. The first-order valence-corrected chi connectivity index (χ1v) is 9.82. The van der Waals surface area contributed by atoms with Crippen LogP contribution in [0.2, 0.25) is 0 Å². The van der Waals surface area contributed by atoms with E-state index in [0.29, 0.717) is 31.5 Å². The molecule has 1 aliphatic carbocycles. The molecule has 6 heteroatoms. The summed E-state index contributed by atoms with van der Waals surface area (Å²) >= 11 is 0. The van der Waals surface area contributed by atoms with Crippen molar-refractivity contribution in [2.24, 2.45) is 5.92 Å². The number of likely N-dealkylation sites (tertiary alicyclic amines) is 1. The van der Waals surface area contributed by atoms with E-state index >= 15 is 0 Å². The molecule has 1 aromatic rings. The predicted molar refractivity (Wildman–Crippen MR) is 95.9 cm³/mol. The van der Waals surface area contributed by atoms with E-state index < -0.39 is 0 Å². The second-order valence-corrected chi connectivity index (χ2v) is 7.67. The van der Waals surface area contributed by atoms with Crippen LogP contribution in [-0.2, 0) is 14.3 Å². The highest BCUT2D eigenvalue weighted by Crippen LogP contribution is 2.41. The predicted octanol–water partition coefficient (Wildman–Crippen LogP) is 2.43. The standard InChI is InChI=1S/C20H28N2O4/c23-19(13-25-17-5-1-2-6-17)22-14-20(15-22)16(9-12-26-20)8-11-24-18-7-3-4-10-21-18/h3-4,7,10,16-17H,1-2,5-6,8-9,11-15H2. The summed E-state index contributed by atoms with van der Waals surface area (Å²) in [4.78, 5) is 18.4. The fourth-order valence-electron chi connectivity index (χ4n) is 4.39. The van der Waals surface area contributed by atoms with Crippen molar-refractivity contribution in [3.8, 4) is 5.88 Å². The highest BCUT2D eigenvalue weighted by molar-refractivity contribution is 5.78. The van der Waals surface area contributed by atoms with Gasteiger partial charge in [0.15, 0.2) is 0 Å². The monoisotopic (exact) mass is 360 g/mol. The number of aromatic nitrogens is 1. The molecule has 3 heterocycles. The maximum Gasteiger partial charge on any atom is 0.248 e. The van der Waals surface area contributed by atoms with E-state index in [1.807, 2.05) is 23.1 Å². The van der Waals surface area contributed by atoms with E-state index in [4.69, 9.17) is 14.2 Å². The molecule has 3 fully saturated rings. The second kappa shape index (κ2) is 7.92. The molecule has 6 nitrogen and oxygen atoms in total. The molecule has 2 saturated heterocycles. The molecule has 4 rings (SSSR count). The van der Waals surface area contributed by atoms with Crippen molar-refractivity contribution in [3.63, 3.8) is 0 Å². The second-order valence-electron chi connectivity index (χ2n) is 7.67. The number of hydrogen-bond donors (Lipinski definition) is 0. The van der Waals surface area contributed by atoms with Crippen molar-refractivity contribution >= 4 is 5.91 Å². The van der Waals surface area contributed by atoms with E-state index in [-0.39, 0.29) is 24.2 Å². The van der Waals surface area contributed by atoms with Gasteiger partial charge in [0.2, 0.25) is 11.8 Å². The first kappa shape index (κ1) is 17.7. The van der Waals surface area contributed by atoms with Crippen LogP contribution in [0.4, 0.5) is 0 Å². The fraction of sp³-hybridized carbons (Fsp3) is 0.700. The van der Waals surface area contributed by atoms with Crippen LogP contribution in [0.15, 0.2) is 24.4 Å². The molecule has 0 aromatic carbocycles. The lowest BCUT2D eigenvalue weighted by Crippen LogP contribution is -2.66. The molecule has 0 bridgehead atoms. The third-order valence-electron chi connectivity index (χ3n) is 5.97. The average Bonchev–Trinajstić information content (AvgIpc) is 3.29. The molecule has 1 saturated carbocycles. The normalized spacial score (nSPS) is 24.8. The first-order valence-electron chi connectivity index (χ1n) is 9.82. The van der Waals surface area contributed by atoms with Crippen molar-refractivity contribution in [2.75, 3.05) is 32.9 Å². The summed E-state index contributed by atoms with van der Waals surface area (Å²) in [6, 6.07) is 5.67. The van der Waals surface area contributed by atoms with Gasteiger partial charge in [-0.15, -0.1) is 0 Å². The smallest absolute Gasteiger partial charge is 0.248 e. The molecule has 0 radical (unpaired) electrons. The van der Waals surface area contributed by atoms with Crippen LogP contribution in [0, 0.1) is 5.92 Å². The van der Waals surface area contributed by atoms with Crippen LogP contribution in [0.25, 0.3) is 0 Å². The third kappa shape index (κ3) is 3.86. The maximum atomic E-state index is 12.3. The van der Waals surface area contributed by atoms with Crippen LogP contribution in [-0.4, -0.2) is 60.4 Å². The average molecular weight is 360 g/mol. The topological polar surface area (TPSA) is 60.9 Å².